The molecule has 0 bridgehead atoms. The fourth-order valence-corrected chi connectivity index (χ4v) is 11.7. The molecule has 0 unspecified atom stereocenters. The van der Waals surface area contributed by atoms with Gasteiger partial charge in [0.1, 0.15) is 8.07 Å². The van der Waals surface area contributed by atoms with Gasteiger partial charge in [0.25, 0.3) is 0 Å². The van der Waals surface area contributed by atoms with Crippen LogP contribution in [0.2, 0.25) is 74.0 Å². The van der Waals surface area contributed by atoms with E-state index in [0.717, 1.165) is 71.5 Å². The molecule has 1 aliphatic heterocycles. The molecule has 0 amide bonds. The number of epoxide rings is 1. The third-order valence-electron chi connectivity index (χ3n) is 14.7. The maximum Gasteiger partial charge on any atom is 2.00 e. The number of alkyl halides is 3. The SMILES string of the molecule is C#CCC[C@H](CCCCC)O[Si](C)(C)C(C)(C)C.C#CCC[C@H](CCCCC)O[Si](C)(C)C(C)(C)C.CC#C[Si](C)(C)C.CCCCC[C@@H](CCl)O[Si](C)(C)C(C)(C)C.CCCCC[C@H](O)CCl.CO.ClC[C@@H]1CO1.[CH2-]CCC.[CH2-]CCC.[Cl-].[Li+].[Mg+2]. The number of unbranched alkanes of at least 4 members (excludes halogenated alkanes) is 10. The first kappa shape index (κ1) is 112. The summed E-state index contributed by atoms with van der Waals surface area (Å²) in [5, 5.41) is 16.8. The fraction of sp³-hybridized carbons (Fsp3) is 0.886. The number of aliphatic hydroxyl groups excluding tert-OH is 2. The molecular formula is C70H147Cl4LiMgO6Si4. The van der Waals surface area contributed by atoms with E-state index in [2.05, 4.69) is 200 Å². The Morgan fingerprint density at radius 1 is 0.523 bits per heavy atom. The summed E-state index contributed by atoms with van der Waals surface area (Å²) in [6.45, 7) is 64.3. The van der Waals surface area contributed by atoms with Crippen LogP contribution in [0, 0.1) is 50.0 Å². The van der Waals surface area contributed by atoms with E-state index < -0.39 is 33.0 Å². The van der Waals surface area contributed by atoms with Crippen molar-refractivity contribution in [2.75, 3.05) is 31.4 Å². The van der Waals surface area contributed by atoms with Crippen molar-refractivity contribution in [1.82, 2.24) is 0 Å². The van der Waals surface area contributed by atoms with Crippen molar-refractivity contribution in [2.45, 2.75) is 369 Å². The molecule has 1 fully saturated rings. The smallest absolute Gasteiger partial charge is 1.00 e. The zero-order chi connectivity index (χ0) is 66.8. The third kappa shape index (κ3) is 81.9. The van der Waals surface area contributed by atoms with Crippen molar-refractivity contribution >= 4 is 90.9 Å². The molecule has 1 saturated heterocycles. The summed E-state index contributed by atoms with van der Waals surface area (Å²) in [5.41, 5.74) is 3.17. The largest absolute Gasteiger partial charge is 2.00 e. The Balaban J connectivity index is -0.0000000867. The van der Waals surface area contributed by atoms with E-state index in [-0.39, 0.29) is 81.6 Å². The normalized spacial score (nSPS) is 13.8. The molecule has 1 heterocycles. The molecule has 510 valence electrons. The van der Waals surface area contributed by atoms with Gasteiger partial charge < -0.3 is 54.5 Å². The van der Waals surface area contributed by atoms with Gasteiger partial charge in [-0.15, -0.1) is 71.0 Å². The molecule has 16 heteroatoms. The first-order valence-corrected chi connectivity index (χ1v) is 46.5. The molecular weight excluding hydrogens is 1220 g/mol. The molecule has 1 rings (SSSR count). The first-order chi connectivity index (χ1) is 38.4. The van der Waals surface area contributed by atoms with Gasteiger partial charge in [-0.25, -0.2) is 0 Å². The van der Waals surface area contributed by atoms with Crippen molar-refractivity contribution < 1.29 is 59.5 Å². The van der Waals surface area contributed by atoms with Crippen LogP contribution >= 0.6 is 34.8 Å². The van der Waals surface area contributed by atoms with E-state index in [1.165, 1.54) is 96.3 Å². The Labute approximate surface area is 596 Å². The predicted octanol–water partition coefficient (Wildman–Crippen LogP) is 17.1. The minimum absolute atomic E-state index is 0. The zero-order valence-corrected chi connectivity index (χ0v) is 70.9. The second-order valence-electron chi connectivity index (χ2n) is 27.4. The van der Waals surface area contributed by atoms with Crippen LogP contribution in [-0.4, -0.2) is 128 Å². The number of halogens is 4. The van der Waals surface area contributed by atoms with Crippen molar-refractivity contribution in [3.05, 3.63) is 13.8 Å². The van der Waals surface area contributed by atoms with Crippen LogP contribution in [0.25, 0.3) is 0 Å². The molecule has 0 aromatic heterocycles. The van der Waals surface area contributed by atoms with Gasteiger partial charge in [0.2, 0.25) is 0 Å². The van der Waals surface area contributed by atoms with Crippen LogP contribution < -0.4 is 31.3 Å². The standard InChI is InChI=1S/2C16H32OSi.C13H29ClOSi.C7H15ClO.C6H12Si.2C4H9.C3H5ClO.CH4O.ClH.Li.Mg/c2*1-8-10-12-14-15(13-11-9-2)17-18(6,7)16(3,4)5;1-7-8-9-10-12(11-14)15-16(5,6)13(2,3)4;1-2-3-4-5-7(9)6-8;1-5-6-7(2,3)4;2*1-3-4-2;4-1-3-2-5-3;1-2;;;/h2*2,15H,8,10-14H2,1,3-7H3;12H,7-11H2,1-6H3;7,9H,2-6H2,1H3;1-4H3;2*1,3-4H2,2H3;3H,1-2H2;2H,1H3;1H;;/q;;;;;2*-1;;;;+1;+2/p-1/t2*15-;12-;7-;;;;3-;;;;/m1100...1..../s1. The van der Waals surface area contributed by atoms with E-state index in [1.54, 1.807) is 0 Å². The number of rotatable bonds is 31. The van der Waals surface area contributed by atoms with Gasteiger partial charge >= 0.3 is 41.9 Å². The van der Waals surface area contributed by atoms with E-state index in [4.69, 9.17) is 75.9 Å². The Hall–Kier alpha value is 1.83. The number of hydrogen-bond acceptors (Lipinski definition) is 6. The van der Waals surface area contributed by atoms with E-state index in [0.29, 0.717) is 36.0 Å². The van der Waals surface area contributed by atoms with Gasteiger partial charge in [0, 0.05) is 43.9 Å². The molecule has 86 heavy (non-hydrogen) atoms. The Bertz CT molecular complexity index is 1430. The number of terminal acetylenes is 2. The minimum Gasteiger partial charge on any atom is -1.00 e. The Morgan fingerprint density at radius 3 is 0.953 bits per heavy atom. The number of aliphatic hydroxyl groups is 2. The number of hydrogen-bond donors (Lipinski definition) is 2. The van der Waals surface area contributed by atoms with Crippen LogP contribution in [0.5, 0.6) is 0 Å². The maximum absolute atomic E-state index is 8.95. The summed E-state index contributed by atoms with van der Waals surface area (Å²) in [5.74, 6) is 10.1. The van der Waals surface area contributed by atoms with Crippen LogP contribution in [-0.2, 0) is 18.0 Å². The Morgan fingerprint density at radius 2 is 0.791 bits per heavy atom. The molecule has 0 aromatic rings. The second kappa shape index (κ2) is 71.1. The summed E-state index contributed by atoms with van der Waals surface area (Å²) < 4.78 is 24.0. The molecule has 0 aromatic carbocycles. The van der Waals surface area contributed by atoms with Gasteiger partial charge in [-0.05, 0) is 99.8 Å². The molecule has 0 saturated carbocycles. The van der Waals surface area contributed by atoms with Crippen molar-refractivity contribution in [3.63, 3.8) is 0 Å². The van der Waals surface area contributed by atoms with Crippen LogP contribution in [0.4, 0.5) is 0 Å². The van der Waals surface area contributed by atoms with Crippen molar-refractivity contribution in [2.24, 2.45) is 0 Å². The monoisotopic (exact) mass is 1370 g/mol. The zero-order valence-electron chi connectivity index (χ0n) is 62.5. The number of ether oxygens (including phenoxy) is 1. The summed E-state index contributed by atoms with van der Waals surface area (Å²) in [6, 6.07) is 0. The predicted molar refractivity (Wildman–Crippen MR) is 398 cm³/mol. The summed E-state index contributed by atoms with van der Waals surface area (Å²) in [6.07, 6.45) is 39.4. The summed E-state index contributed by atoms with van der Waals surface area (Å²) in [4.78, 5) is 0. The van der Waals surface area contributed by atoms with Crippen LogP contribution in [0.1, 0.15) is 265 Å². The Kier molecular flexibility index (Phi) is 92.8. The van der Waals surface area contributed by atoms with E-state index in [1.807, 2.05) is 6.92 Å². The molecule has 0 aliphatic carbocycles. The summed E-state index contributed by atoms with van der Waals surface area (Å²) in [7, 11) is -4.95. The van der Waals surface area contributed by atoms with Crippen molar-refractivity contribution in [1.29, 1.82) is 0 Å². The fourth-order valence-electron chi connectivity index (χ4n) is 6.07. The molecule has 5 atom stereocenters. The van der Waals surface area contributed by atoms with Gasteiger partial charge in [0.05, 0.1) is 30.8 Å². The summed E-state index contributed by atoms with van der Waals surface area (Å²) >= 11 is 16.7. The average molecular weight is 1370 g/mol. The average Bonchev–Trinajstić information content (AvgIpc) is 4.25. The topological polar surface area (TPSA) is 80.7 Å². The molecule has 1 aliphatic rings. The van der Waals surface area contributed by atoms with Gasteiger partial charge in [-0.2, -0.15) is 12.8 Å². The quantitative estimate of drug-likeness (QED) is 0.0180. The second-order valence-corrected chi connectivity index (χ2v) is 47.3. The van der Waals surface area contributed by atoms with Gasteiger partial charge in [0.15, 0.2) is 25.0 Å². The molecule has 2 N–H and O–H groups in total. The molecule has 0 radical (unpaired) electrons. The molecule has 6 nitrogen and oxygen atoms in total. The molecule has 0 spiro atoms. The maximum atomic E-state index is 8.95. The van der Waals surface area contributed by atoms with Gasteiger partial charge in [-0.3, -0.25) is 0 Å². The van der Waals surface area contributed by atoms with E-state index >= 15 is 0 Å². The van der Waals surface area contributed by atoms with Gasteiger partial charge in [-0.1, -0.05) is 213 Å². The minimum atomic E-state index is -1.65. The first-order valence-electron chi connectivity index (χ1n) is 32.7. The van der Waals surface area contributed by atoms with E-state index in [9.17, 15) is 0 Å². The van der Waals surface area contributed by atoms with Crippen LogP contribution in [0.3, 0.4) is 0 Å². The van der Waals surface area contributed by atoms with Crippen molar-refractivity contribution in [3.8, 4) is 36.2 Å². The van der Waals surface area contributed by atoms with Crippen LogP contribution in [0.15, 0.2) is 0 Å². The third-order valence-corrected chi connectivity index (χ3v) is 30.3.